The van der Waals surface area contributed by atoms with Crippen molar-refractivity contribution in [1.82, 2.24) is 5.32 Å². The zero-order chi connectivity index (χ0) is 15.8. The fraction of sp³-hybridized carbons (Fsp3) is 0.312. The SMILES string of the molecule is N#CC(C#N)=CNc1ccc(C(=O)NCC2CCCO2)cc1. The van der Waals surface area contributed by atoms with E-state index >= 15 is 0 Å². The molecule has 112 valence electrons. The fourth-order valence-electron chi connectivity index (χ4n) is 2.08. The van der Waals surface area contributed by atoms with Crippen molar-refractivity contribution in [2.45, 2.75) is 18.9 Å². The number of hydrogen-bond donors (Lipinski definition) is 2. The highest BCUT2D eigenvalue weighted by Crippen LogP contribution is 2.12. The quantitative estimate of drug-likeness (QED) is 0.809. The van der Waals surface area contributed by atoms with Gasteiger partial charge in [-0.05, 0) is 37.1 Å². The summed E-state index contributed by atoms with van der Waals surface area (Å²) in [6, 6.07) is 10.3. The van der Waals surface area contributed by atoms with Crippen LogP contribution in [-0.4, -0.2) is 25.2 Å². The first-order valence-electron chi connectivity index (χ1n) is 6.99. The summed E-state index contributed by atoms with van der Waals surface area (Å²) < 4.78 is 5.45. The number of benzene rings is 1. The van der Waals surface area contributed by atoms with Crippen LogP contribution in [0.15, 0.2) is 36.0 Å². The summed E-state index contributed by atoms with van der Waals surface area (Å²) in [5, 5.41) is 22.9. The normalized spacial score (nSPS) is 16.2. The maximum absolute atomic E-state index is 12.0. The minimum Gasteiger partial charge on any atom is -0.376 e. The van der Waals surface area contributed by atoms with Gasteiger partial charge in [-0.25, -0.2) is 0 Å². The Morgan fingerprint density at radius 3 is 2.64 bits per heavy atom. The van der Waals surface area contributed by atoms with Crippen molar-refractivity contribution in [2.75, 3.05) is 18.5 Å². The third kappa shape index (κ3) is 4.34. The summed E-state index contributed by atoms with van der Waals surface area (Å²) in [5.41, 5.74) is 1.23. The first-order valence-corrected chi connectivity index (χ1v) is 6.99. The topological polar surface area (TPSA) is 97.9 Å². The van der Waals surface area contributed by atoms with E-state index in [0.717, 1.165) is 19.4 Å². The van der Waals surface area contributed by atoms with Crippen LogP contribution in [0.25, 0.3) is 0 Å². The summed E-state index contributed by atoms with van der Waals surface area (Å²) in [7, 11) is 0. The lowest BCUT2D eigenvalue weighted by Gasteiger charge is -2.11. The summed E-state index contributed by atoms with van der Waals surface area (Å²) >= 11 is 0. The number of carbonyl (C=O) groups is 1. The Hall–Kier alpha value is -2.83. The van der Waals surface area contributed by atoms with Gasteiger partial charge in [0.25, 0.3) is 5.91 Å². The van der Waals surface area contributed by atoms with Crippen molar-refractivity contribution in [3.8, 4) is 12.1 Å². The highest BCUT2D eigenvalue weighted by molar-refractivity contribution is 5.94. The summed E-state index contributed by atoms with van der Waals surface area (Å²) in [6.07, 6.45) is 3.47. The first-order chi connectivity index (χ1) is 10.7. The van der Waals surface area contributed by atoms with Crippen LogP contribution in [0.5, 0.6) is 0 Å². The second-order valence-electron chi connectivity index (χ2n) is 4.85. The largest absolute Gasteiger partial charge is 0.376 e. The molecule has 0 radical (unpaired) electrons. The molecule has 0 saturated carbocycles. The smallest absolute Gasteiger partial charge is 0.251 e. The van der Waals surface area contributed by atoms with E-state index in [4.69, 9.17) is 15.3 Å². The molecule has 1 fully saturated rings. The minimum absolute atomic E-state index is 0.0154. The summed E-state index contributed by atoms with van der Waals surface area (Å²) in [6.45, 7) is 1.29. The second kappa shape index (κ2) is 7.82. The molecule has 22 heavy (non-hydrogen) atoms. The lowest BCUT2D eigenvalue weighted by atomic mass is 10.2. The van der Waals surface area contributed by atoms with Crippen LogP contribution in [0.2, 0.25) is 0 Å². The van der Waals surface area contributed by atoms with Crippen molar-refractivity contribution < 1.29 is 9.53 Å². The van der Waals surface area contributed by atoms with Crippen LogP contribution < -0.4 is 10.6 Å². The molecule has 1 atom stereocenters. The van der Waals surface area contributed by atoms with Crippen molar-refractivity contribution in [1.29, 1.82) is 10.5 Å². The van der Waals surface area contributed by atoms with Gasteiger partial charge in [0.2, 0.25) is 0 Å². The number of nitrogens with zero attached hydrogens (tertiary/aromatic N) is 2. The molecule has 1 aliphatic heterocycles. The summed E-state index contributed by atoms with van der Waals surface area (Å²) in [4.78, 5) is 12.0. The number of amides is 1. The number of anilines is 1. The van der Waals surface area contributed by atoms with Crippen LogP contribution >= 0.6 is 0 Å². The van der Waals surface area contributed by atoms with Crippen LogP contribution in [0.3, 0.4) is 0 Å². The number of allylic oxidation sites excluding steroid dienone is 1. The van der Waals surface area contributed by atoms with Crippen LogP contribution in [-0.2, 0) is 4.74 Å². The Labute approximate surface area is 129 Å². The number of ether oxygens (including phenoxy) is 1. The van der Waals surface area contributed by atoms with E-state index in [0.29, 0.717) is 17.8 Å². The fourth-order valence-corrected chi connectivity index (χ4v) is 2.08. The van der Waals surface area contributed by atoms with Gasteiger partial charge in [0.1, 0.15) is 17.7 Å². The van der Waals surface area contributed by atoms with Crippen LogP contribution in [0, 0.1) is 22.7 Å². The molecular weight excluding hydrogens is 280 g/mol. The lowest BCUT2D eigenvalue weighted by molar-refractivity contribution is 0.0858. The number of rotatable bonds is 5. The molecule has 1 heterocycles. The second-order valence-corrected chi connectivity index (χ2v) is 4.85. The van der Waals surface area contributed by atoms with Gasteiger partial charge in [-0.15, -0.1) is 0 Å². The lowest BCUT2D eigenvalue weighted by Crippen LogP contribution is -2.31. The minimum atomic E-state index is -0.146. The number of carbonyl (C=O) groups excluding carboxylic acids is 1. The highest BCUT2D eigenvalue weighted by Gasteiger charge is 2.16. The van der Waals surface area contributed by atoms with Gasteiger partial charge in [0, 0.05) is 30.6 Å². The van der Waals surface area contributed by atoms with E-state index in [-0.39, 0.29) is 17.6 Å². The maximum Gasteiger partial charge on any atom is 0.251 e. The van der Waals surface area contributed by atoms with Crippen molar-refractivity contribution >= 4 is 11.6 Å². The highest BCUT2D eigenvalue weighted by atomic mass is 16.5. The molecule has 6 heteroatoms. The van der Waals surface area contributed by atoms with E-state index in [1.807, 2.05) is 0 Å². The molecule has 0 spiro atoms. The van der Waals surface area contributed by atoms with E-state index < -0.39 is 0 Å². The molecule has 1 amide bonds. The molecule has 1 saturated heterocycles. The molecule has 0 aromatic heterocycles. The average Bonchev–Trinajstić information content (AvgIpc) is 3.07. The van der Waals surface area contributed by atoms with Gasteiger partial charge in [0.15, 0.2) is 0 Å². The van der Waals surface area contributed by atoms with Crippen molar-refractivity contribution in [3.05, 3.63) is 41.6 Å². The summed E-state index contributed by atoms with van der Waals surface area (Å²) in [5.74, 6) is -0.146. The van der Waals surface area contributed by atoms with E-state index in [2.05, 4.69) is 10.6 Å². The van der Waals surface area contributed by atoms with Crippen LogP contribution in [0.1, 0.15) is 23.2 Å². The van der Waals surface area contributed by atoms with Gasteiger partial charge in [-0.2, -0.15) is 10.5 Å². The van der Waals surface area contributed by atoms with Crippen LogP contribution in [0.4, 0.5) is 5.69 Å². The standard InChI is InChI=1S/C16H16N4O2/c17-8-12(9-18)10-19-14-5-3-13(4-6-14)16(21)20-11-15-2-1-7-22-15/h3-6,10,15,19H,1-2,7,11H2,(H,20,21). The van der Waals surface area contributed by atoms with Gasteiger partial charge >= 0.3 is 0 Å². The van der Waals surface area contributed by atoms with E-state index in [9.17, 15) is 4.79 Å². The molecular formula is C16H16N4O2. The molecule has 1 aromatic rings. The van der Waals surface area contributed by atoms with Crippen molar-refractivity contribution in [3.63, 3.8) is 0 Å². The van der Waals surface area contributed by atoms with Gasteiger partial charge in [-0.1, -0.05) is 0 Å². The Morgan fingerprint density at radius 2 is 2.05 bits per heavy atom. The molecule has 1 aliphatic rings. The Morgan fingerprint density at radius 1 is 1.32 bits per heavy atom. The molecule has 1 aromatic carbocycles. The number of nitriles is 2. The zero-order valence-electron chi connectivity index (χ0n) is 12.0. The van der Waals surface area contributed by atoms with E-state index in [1.54, 1.807) is 36.4 Å². The van der Waals surface area contributed by atoms with Crippen molar-refractivity contribution in [2.24, 2.45) is 0 Å². The third-order valence-corrected chi connectivity index (χ3v) is 3.29. The zero-order valence-corrected chi connectivity index (χ0v) is 12.0. The number of hydrogen-bond acceptors (Lipinski definition) is 5. The van der Waals surface area contributed by atoms with Gasteiger partial charge < -0.3 is 15.4 Å². The molecule has 6 nitrogen and oxygen atoms in total. The average molecular weight is 296 g/mol. The molecule has 2 rings (SSSR count). The number of nitrogens with one attached hydrogen (secondary N) is 2. The third-order valence-electron chi connectivity index (χ3n) is 3.29. The van der Waals surface area contributed by atoms with Gasteiger partial charge in [0.05, 0.1) is 6.10 Å². The first kappa shape index (κ1) is 15.6. The van der Waals surface area contributed by atoms with E-state index in [1.165, 1.54) is 6.20 Å². The molecule has 2 N–H and O–H groups in total. The Balaban J connectivity index is 1.88. The Kier molecular flexibility index (Phi) is 5.53. The predicted octanol–water partition coefficient (Wildman–Crippen LogP) is 1.94. The monoisotopic (exact) mass is 296 g/mol. The Bertz CT molecular complexity index is 616. The molecule has 0 bridgehead atoms. The predicted molar refractivity (Wildman–Crippen MR) is 80.7 cm³/mol. The maximum atomic E-state index is 12.0. The van der Waals surface area contributed by atoms with Gasteiger partial charge in [-0.3, -0.25) is 4.79 Å². The molecule has 0 aliphatic carbocycles. The molecule has 1 unspecified atom stereocenters.